The Bertz CT molecular complexity index is 1020. The predicted octanol–water partition coefficient (Wildman–Crippen LogP) is 2.11. The van der Waals surface area contributed by atoms with E-state index < -0.39 is 15.9 Å². The Labute approximate surface area is 145 Å². The summed E-state index contributed by atoms with van der Waals surface area (Å²) in [6, 6.07) is 8.21. The zero-order valence-electron chi connectivity index (χ0n) is 13.9. The number of rotatable bonds is 5. The SMILES string of the molecule is CCCc1ccc(S(=O)(=O)NC(=O)c2cnc3ccnn3c2C)cc1. The van der Waals surface area contributed by atoms with Gasteiger partial charge in [0.15, 0.2) is 5.65 Å². The van der Waals surface area contributed by atoms with Crippen molar-refractivity contribution in [1.82, 2.24) is 19.3 Å². The molecule has 1 aromatic carbocycles. The number of aromatic nitrogens is 3. The van der Waals surface area contributed by atoms with Crippen molar-refractivity contribution in [2.75, 3.05) is 0 Å². The summed E-state index contributed by atoms with van der Waals surface area (Å²) < 4.78 is 28.4. The van der Waals surface area contributed by atoms with Crippen LogP contribution in [-0.4, -0.2) is 28.9 Å². The summed E-state index contributed by atoms with van der Waals surface area (Å²) in [5.74, 6) is -0.736. The van der Waals surface area contributed by atoms with Gasteiger partial charge in [0.25, 0.3) is 15.9 Å². The van der Waals surface area contributed by atoms with Gasteiger partial charge in [-0.2, -0.15) is 5.10 Å². The van der Waals surface area contributed by atoms with Crippen LogP contribution in [-0.2, 0) is 16.4 Å². The molecule has 2 heterocycles. The van der Waals surface area contributed by atoms with E-state index in [-0.39, 0.29) is 10.5 Å². The van der Waals surface area contributed by atoms with Crippen molar-refractivity contribution in [3.8, 4) is 0 Å². The Morgan fingerprint density at radius 2 is 1.92 bits per heavy atom. The van der Waals surface area contributed by atoms with Crippen molar-refractivity contribution in [2.45, 2.75) is 31.6 Å². The molecule has 0 fully saturated rings. The maximum Gasteiger partial charge on any atom is 0.268 e. The lowest BCUT2D eigenvalue weighted by molar-refractivity contribution is 0.0980. The van der Waals surface area contributed by atoms with E-state index in [1.165, 1.54) is 22.8 Å². The Balaban J connectivity index is 1.86. The summed E-state index contributed by atoms with van der Waals surface area (Å²) in [5.41, 5.74) is 2.31. The van der Waals surface area contributed by atoms with Crippen LogP contribution < -0.4 is 4.72 Å². The largest absolute Gasteiger partial charge is 0.268 e. The highest BCUT2D eigenvalue weighted by Crippen LogP contribution is 2.14. The number of nitrogens with one attached hydrogen (secondary N) is 1. The van der Waals surface area contributed by atoms with Crippen molar-refractivity contribution >= 4 is 21.6 Å². The van der Waals surface area contributed by atoms with E-state index in [0.29, 0.717) is 11.3 Å². The highest BCUT2D eigenvalue weighted by molar-refractivity contribution is 7.90. The summed E-state index contributed by atoms with van der Waals surface area (Å²) in [6.07, 6.45) is 4.76. The standard InChI is InChI=1S/C17H18N4O3S/c1-3-4-13-5-7-14(8-6-13)25(23,24)20-17(22)15-11-18-16-9-10-19-21(16)12(15)2/h5-11H,3-4H2,1-2H3,(H,20,22). The summed E-state index contributed by atoms with van der Waals surface area (Å²) in [5, 5.41) is 4.07. The third kappa shape index (κ3) is 3.39. The summed E-state index contributed by atoms with van der Waals surface area (Å²) >= 11 is 0. The fraction of sp³-hybridized carbons (Fsp3) is 0.235. The number of aryl methyl sites for hydroxylation is 2. The van der Waals surface area contributed by atoms with E-state index in [4.69, 9.17) is 0 Å². The lowest BCUT2D eigenvalue weighted by Crippen LogP contribution is -2.31. The number of carbonyl (C=O) groups is 1. The fourth-order valence-electron chi connectivity index (χ4n) is 2.57. The zero-order valence-corrected chi connectivity index (χ0v) is 14.7. The van der Waals surface area contributed by atoms with Crippen LogP contribution in [0.25, 0.3) is 5.65 Å². The van der Waals surface area contributed by atoms with E-state index in [0.717, 1.165) is 18.4 Å². The maximum absolute atomic E-state index is 12.4. The molecule has 0 saturated heterocycles. The fourth-order valence-corrected chi connectivity index (χ4v) is 3.54. The van der Waals surface area contributed by atoms with Crippen LogP contribution in [0.1, 0.15) is 35.0 Å². The first-order valence-corrected chi connectivity index (χ1v) is 9.36. The number of carbonyl (C=O) groups excluding carboxylic acids is 1. The molecule has 3 aromatic rings. The van der Waals surface area contributed by atoms with Crippen molar-refractivity contribution in [2.24, 2.45) is 0 Å². The lowest BCUT2D eigenvalue weighted by Gasteiger charge is -2.10. The van der Waals surface area contributed by atoms with Crippen LogP contribution in [0.2, 0.25) is 0 Å². The molecule has 0 atom stereocenters. The molecule has 130 valence electrons. The normalized spacial score (nSPS) is 11.6. The minimum Gasteiger partial charge on any atom is -0.268 e. The maximum atomic E-state index is 12.4. The predicted molar refractivity (Wildman–Crippen MR) is 92.8 cm³/mol. The van der Waals surface area contributed by atoms with Crippen LogP contribution in [0.15, 0.2) is 47.6 Å². The number of fused-ring (bicyclic) bond motifs is 1. The van der Waals surface area contributed by atoms with Crippen molar-refractivity contribution < 1.29 is 13.2 Å². The number of hydrogen-bond donors (Lipinski definition) is 1. The van der Waals surface area contributed by atoms with Gasteiger partial charge in [0.1, 0.15) is 0 Å². The van der Waals surface area contributed by atoms with Crippen molar-refractivity contribution in [3.05, 3.63) is 59.5 Å². The van der Waals surface area contributed by atoms with Gasteiger partial charge in [-0.3, -0.25) is 4.79 Å². The minimum atomic E-state index is -3.95. The van der Waals surface area contributed by atoms with Gasteiger partial charge in [-0.05, 0) is 31.0 Å². The first kappa shape index (κ1) is 17.1. The quantitative estimate of drug-likeness (QED) is 0.754. The molecular weight excluding hydrogens is 340 g/mol. The molecule has 0 unspecified atom stereocenters. The number of hydrogen-bond acceptors (Lipinski definition) is 5. The zero-order chi connectivity index (χ0) is 18.0. The molecule has 25 heavy (non-hydrogen) atoms. The second kappa shape index (κ2) is 6.64. The van der Waals surface area contributed by atoms with Crippen molar-refractivity contribution in [1.29, 1.82) is 0 Å². The Morgan fingerprint density at radius 1 is 1.20 bits per heavy atom. The Kier molecular flexibility index (Phi) is 4.54. The smallest absolute Gasteiger partial charge is 0.268 e. The van der Waals surface area contributed by atoms with E-state index >= 15 is 0 Å². The average Bonchev–Trinajstić information content (AvgIpc) is 3.05. The molecule has 0 bridgehead atoms. The van der Waals surface area contributed by atoms with Gasteiger partial charge in [0.2, 0.25) is 0 Å². The lowest BCUT2D eigenvalue weighted by atomic mass is 10.1. The highest BCUT2D eigenvalue weighted by Gasteiger charge is 2.21. The van der Waals surface area contributed by atoms with Gasteiger partial charge in [-0.15, -0.1) is 0 Å². The summed E-state index contributed by atoms with van der Waals surface area (Å²) in [6.45, 7) is 3.74. The van der Waals surface area contributed by atoms with E-state index in [1.807, 2.05) is 0 Å². The number of sulfonamides is 1. The van der Waals surface area contributed by atoms with Crippen LogP contribution >= 0.6 is 0 Å². The number of benzene rings is 1. The van der Waals surface area contributed by atoms with E-state index in [1.54, 1.807) is 31.3 Å². The van der Waals surface area contributed by atoms with Crippen LogP contribution in [0.4, 0.5) is 0 Å². The molecule has 0 radical (unpaired) electrons. The highest BCUT2D eigenvalue weighted by atomic mass is 32.2. The molecule has 0 spiro atoms. The van der Waals surface area contributed by atoms with E-state index in [2.05, 4.69) is 21.7 Å². The summed E-state index contributed by atoms with van der Waals surface area (Å²) in [4.78, 5) is 16.6. The number of nitrogens with zero attached hydrogens (tertiary/aromatic N) is 3. The van der Waals surface area contributed by atoms with Gasteiger partial charge < -0.3 is 0 Å². The van der Waals surface area contributed by atoms with Gasteiger partial charge >= 0.3 is 0 Å². The molecule has 0 aliphatic rings. The molecule has 0 aliphatic heterocycles. The summed E-state index contributed by atoms with van der Waals surface area (Å²) in [7, 11) is -3.95. The third-order valence-corrected chi connectivity index (χ3v) is 5.25. The Hall–Kier alpha value is -2.74. The first-order valence-electron chi connectivity index (χ1n) is 7.88. The molecule has 0 saturated carbocycles. The molecule has 1 amide bonds. The molecule has 2 aromatic heterocycles. The van der Waals surface area contributed by atoms with Crippen LogP contribution in [0.3, 0.4) is 0 Å². The van der Waals surface area contributed by atoms with Crippen LogP contribution in [0, 0.1) is 6.92 Å². The molecule has 1 N–H and O–H groups in total. The molecule has 0 aliphatic carbocycles. The van der Waals surface area contributed by atoms with Gasteiger partial charge in [0.05, 0.1) is 22.3 Å². The topological polar surface area (TPSA) is 93.4 Å². The molecule has 3 rings (SSSR count). The molecule has 8 heteroatoms. The van der Waals surface area contributed by atoms with E-state index in [9.17, 15) is 13.2 Å². The monoisotopic (exact) mass is 358 g/mol. The minimum absolute atomic E-state index is 0.0477. The number of amides is 1. The average molecular weight is 358 g/mol. The van der Waals surface area contributed by atoms with Crippen molar-refractivity contribution in [3.63, 3.8) is 0 Å². The molecular formula is C17H18N4O3S. The van der Waals surface area contributed by atoms with Gasteiger partial charge in [0, 0.05) is 12.3 Å². The second-order valence-electron chi connectivity index (χ2n) is 5.69. The van der Waals surface area contributed by atoms with Gasteiger partial charge in [-0.25, -0.2) is 22.6 Å². The Morgan fingerprint density at radius 3 is 2.60 bits per heavy atom. The van der Waals surface area contributed by atoms with Crippen LogP contribution in [0.5, 0.6) is 0 Å². The molecule has 7 nitrogen and oxygen atoms in total. The van der Waals surface area contributed by atoms with Gasteiger partial charge in [-0.1, -0.05) is 25.5 Å². The first-order chi connectivity index (χ1) is 11.9. The second-order valence-corrected chi connectivity index (χ2v) is 7.37. The third-order valence-electron chi connectivity index (χ3n) is 3.90.